The van der Waals surface area contributed by atoms with E-state index >= 15 is 0 Å². The Hall–Kier alpha value is -2.30. The fourth-order valence-corrected chi connectivity index (χ4v) is 5.41. The van der Waals surface area contributed by atoms with Gasteiger partial charge in [0.05, 0.1) is 30.3 Å². The number of sulfonamides is 1. The van der Waals surface area contributed by atoms with E-state index in [1.54, 1.807) is 28.9 Å². The lowest BCUT2D eigenvalue weighted by molar-refractivity contribution is 0.0730. The minimum Gasteiger partial charge on any atom is -0.379 e. The quantitative estimate of drug-likeness (QED) is 0.522. The van der Waals surface area contributed by atoms with E-state index in [0.29, 0.717) is 51.1 Å². The zero-order chi connectivity index (χ0) is 23.4. The Morgan fingerprint density at radius 1 is 1.03 bits per heavy atom. The Balaban J connectivity index is 1.35. The highest BCUT2D eigenvalue weighted by Gasteiger charge is 2.26. The van der Waals surface area contributed by atoms with Gasteiger partial charge in [0.25, 0.3) is 0 Å². The van der Waals surface area contributed by atoms with Gasteiger partial charge in [0.15, 0.2) is 0 Å². The second-order valence-electron chi connectivity index (χ2n) is 7.90. The third-order valence-corrected chi connectivity index (χ3v) is 7.93. The molecule has 0 radical (unpaired) electrons. The van der Waals surface area contributed by atoms with Gasteiger partial charge in [-0.2, -0.15) is 9.40 Å². The highest BCUT2D eigenvalue weighted by atomic mass is 35.5. The number of morpholine rings is 1. The van der Waals surface area contributed by atoms with Gasteiger partial charge in [-0.25, -0.2) is 17.5 Å². The molecule has 0 unspecified atom stereocenters. The SMILES string of the molecule is Cc1nn(Cc2ccc(F)cc2)c(Cl)c1CNCc1ccc(S(=O)(=O)N2CCOCC2)cc1. The van der Waals surface area contributed by atoms with Crippen LogP contribution in [0.4, 0.5) is 4.39 Å². The maximum atomic E-state index is 13.1. The van der Waals surface area contributed by atoms with E-state index in [2.05, 4.69) is 10.4 Å². The number of aromatic nitrogens is 2. The zero-order valence-corrected chi connectivity index (χ0v) is 19.9. The van der Waals surface area contributed by atoms with E-state index in [0.717, 1.165) is 22.4 Å². The molecule has 1 aliphatic heterocycles. The summed E-state index contributed by atoms with van der Waals surface area (Å²) in [6, 6.07) is 13.2. The predicted molar refractivity (Wildman–Crippen MR) is 124 cm³/mol. The largest absolute Gasteiger partial charge is 0.379 e. The fraction of sp³-hybridized carbons (Fsp3) is 0.348. The fourth-order valence-electron chi connectivity index (χ4n) is 3.71. The van der Waals surface area contributed by atoms with Crippen LogP contribution in [0, 0.1) is 12.7 Å². The van der Waals surface area contributed by atoms with Gasteiger partial charge in [-0.05, 0) is 42.3 Å². The molecule has 0 saturated carbocycles. The number of nitrogens with one attached hydrogen (secondary N) is 1. The van der Waals surface area contributed by atoms with Crippen LogP contribution in [0.15, 0.2) is 53.4 Å². The first-order chi connectivity index (χ1) is 15.8. The van der Waals surface area contributed by atoms with Crippen molar-refractivity contribution in [1.29, 1.82) is 0 Å². The number of hydrogen-bond acceptors (Lipinski definition) is 5. The van der Waals surface area contributed by atoms with E-state index in [1.165, 1.54) is 16.4 Å². The molecule has 176 valence electrons. The van der Waals surface area contributed by atoms with Gasteiger partial charge in [0.2, 0.25) is 10.0 Å². The summed E-state index contributed by atoms with van der Waals surface area (Å²) < 4.78 is 47.0. The van der Waals surface area contributed by atoms with Crippen molar-refractivity contribution >= 4 is 21.6 Å². The molecular weight excluding hydrogens is 467 g/mol. The lowest BCUT2D eigenvalue weighted by atomic mass is 10.2. The minimum atomic E-state index is -3.50. The van der Waals surface area contributed by atoms with E-state index < -0.39 is 10.0 Å². The first kappa shape index (κ1) is 23.8. The van der Waals surface area contributed by atoms with Crippen LogP contribution in [0.5, 0.6) is 0 Å². The number of benzene rings is 2. The van der Waals surface area contributed by atoms with Gasteiger partial charge < -0.3 is 10.1 Å². The van der Waals surface area contributed by atoms with Crippen LogP contribution in [0.2, 0.25) is 5.15 Å². The molecule has 0 atom stereocenters. The number of hydrogen-bond donors (Lipinski definition) is 1. The summed E-state index contributed by atoms with van der Waals surface area (Å²) in [6.45, 7) is 5.02. The van der Waals surface area contributed by atoms with Crippen LogP contribution in [0.25, 0.3) is 0 Å². The molecule has 4 rings (SSSR count). The number of ether oxygens (including phenoxy) is 1. The average Bonchev–Trinajstić information content (AvgIpc) is 3.09. The summed E-state index contributed by atoms with van der Waals surface area (Å²) in [6.07, 6.45) is 0. The predicted octanol–water partition coefficient (Wildman–Crippen LogP) is 3.34. The number of aryl methyl sites for hydroxylation is 1. The van der Waals surface area contributed by atoms with E-state index in [9.17, 15) is 12.8 Å². The van der Waals surface area contributed by atoms with E-state index in [4.69, 9.17) is 16.3 Å². The molecule has 2 heterocycles. The highest BCUT2D eigenvalue weighted by Crippen LogP contribution is 2.22. The smallest absolute Gasteiger partial charge is 0.243 e. The third kappa shape index (κ3) is 5.62. The second kappa shape index (κ2) is 10.3. The van der Waals surface area contributed by atoms with Gasteiger partial charge in [0.1, 0.15) is 11.0 Å². The molecule has 1 fully saturated rings. The molecule has 2 aromatic carbocycles. The molecule has 1 aliphatic rings. The van der Waals surface area contributed by atoms with E-state index in [-0.39, 0.29) is 10.7 Å². The van der Waals surface area contributed by atoms with Crippen LogP contribution in [0.1, 0.15) is 22.4 Å². The van der Waals surface area contributed by atoms with Gasteiger partial charge in [-0.1, -0.05) is 35.9 Å². The highest BCUT2D eigenvalue weighted by molar-refractivity contribution is 7.89. The standard InChI is InChI=1S/C23H26ClFN4O3S/c1-17-22(23(24)29(27-17)16-19-2-6-20(25)7-3-19)15-26-14-18-4-8-21(9-5-18)33(30,31)28-10-12-32-13-11-28/h2-9,26H,10-16H2,1H3. The van der Waals surface area contributed by atoms with Gasteiger partial charge in [-0.3, -0.25) is 0 Å². The van der Waals surface area contributed by atoms with Crippen LogP contribution in [-0.2, 0) is 34.4 Å². The molecular formula is C23H26ClFN4O3S. The number of nitrogens with zero attached hydrogens (tertiary/aromatic N) is 3. The topological polar surface area (TPSA) is 76.5 Å². The molecule has 10 heteroatoms. The maximum Gasteiger partial charge on any atom is 0.243 e. The molecule has 0 spiro atoms. The Morgan fingerprint density at radius 2 is 1.67 bits per heavy atom. The van der Waals surface area contributed by atoms with Crippen molar-refractivity contribution in [3.63, 3.8) is 0 Å². The Bertz CT molecular complexity index is 1190. The van der Waals surface area contributed by atoms with Crippen molar-refractivity contribution in [2.75, 3.05) is 26.3 Å². The first-order valence-electron chi connectivity index (χ1n) is 10.7. The number of rotatable bonds is 8. The van der Waals surface area contributed by atoms with Crippen LogP contribution >= 0.6 is 11.6 Å². The van der Waals surface area contributed by atoms with Crippen molar-refractivity contribution in [3.05, 3.63) is 81.9 Å². The van der Waals surface area contributed by atoms with Crippen LogP contribution < -0.4 is 5.32 Å². The summed E-state index contributed by atoms with van der Waals surface area (Å²) in [7, 11) is -3.50. The van der Waals surface area contributed by atoms with Crippen molar-refractivity contribution in [3.8, 4) is 0 Å². The summed E-state index contributed by atoms with van der Waals surface area (Å²) in [5, 5.41) is 8.39. The molecule has 1 N–H and O–H groups in total. The zero-order valence-electron chi connectivity index (χ0n) is 18.3. The third-order valence-electron chi connectivity index (χ3n) is 5.59. The lowest BCUT2D eigenvalue weighted by Crippen LogP contribution is -2.40. The molecule has 0 aliphatic carbocycles. The van der Waals surface area contributed by atoms with E-state index in [1.807, 2.05) is 19.1 Å². The molecule has 0 amide bonds. The summed E-state index contributed by atoms with van der Waals surface area (Å²) in [4.78, 5) is 0.286. The van der Waals surface area contributed by atoms with Crippen LogP contribution in [-0.4, -0.2) is 48.8 Å². The summed E-state index contributed by atoms with van der Waals surface area (Å²) >= 11 is 6.54. The maximum absolute atomic E-state index is 13.1. The van der Waals surface area contributed by atoms with Gasteiger partial charge in [0, 0.05) is 31.7 Å². The van der Waals surface area contributed by atoms with Crippen molar-refractivity contribution in [2.45, 2.75) is 31.5 Å². The minimum absolute atomic E-state index is 0.280. The average molecular weight is 493 g/mol. The molecule has 1 saturated heterocycles. The number of halogens is 2. The van der Waals surface area contributed by atoms with Crippen molar-refractivity contribution < 1.29 is 17.5 Å². The summed E-state index contributed by atoms with van der Waals surface area (Å²) in [5.74, 6) is -0.280. The van der Waals surface area contributed by atoms with Gasteiger partial charge in [-0.15, -0.1) is 0 Å². The second-order valence-corrected chi connectivity index (χ2v) is 10.2. The van der Waals surface area contributed by atoms with Crippen molar-refractivity contribution in [1.82, 2.24) is 19.4 Å². The molecule has 0 bridgehead atoms. The molecule has 1 aromatic heterocycles. The molecule has 33 heavy (non-hydrogen) atoms. The monoisotopic (exact) mass is 492 g/mol. The first-order valence-corrected chi connectivity index (χ1v) is 12.5. The van der Waals surface area contributed by atoms with Crippen molar-refractivity contribution in [2.24, 2.45) is 0 Å². The Morgan fingerprint density at radius 3 is 2.33 bits per heavy atom. The Kier molecular flexibility index (Phi) is 7.45. The van der Waals surface area contributed by atoms with Crippen LogP contribution in [0.3, 0.4) is 0 Å². The lowest BCUT2D eigenvalue weighted by Gasteiger charge is -2.26. The summed E-state index contributed by atoms with van der Waals surface area (Å²) in [5.41, 5.74) is 3.59. The molecule has 7 nitrogen and oxygen atoms in total. The van der Waals surface area contributed by atoms with Gasteiger partial charge >= 0.3 is 0 Å². The normalized spacial score (nSPS) is 15.1. The molecule has 3 aromatic rings. The Labute approximate surface area is 198 Å².